The number of nitrogens with one attached hydrogen (secondary N) is 1. The Balaban J connectivity index is 1.19. The molecule has 2 aliphatic rings. The maximum Gasteiger partial charge on any atom is 0.273 e. The van der Waals surface area contributed by atoms with Gasteiger partial charge >= 0.3 is 0 Å². The minimum absolute atomic E-state index is 0.0272. The standard InChI is InChI=1S/C28H36Cl2N8O2/c1-2-20-17-37(27-25(30)34-23(26(31)35-27)28(40)32-9-14-39)12-13-38(20)21-7-10-36(11-8-21)16-19-15-18-5-3-4-6-22(18)33-24(19)29/h3-6,15,20-21,39H,2,7-14,16-17H2,1H3,(H2,31,35)(H,32,40)/t20-/m0/s1. The van der Waals surface area contributed by atoms with Crippen LogP contribution in [0, 0.1) is 0 Å². The Bertz CT molecular complexity index is 1350. The summed E-state index contributed by atoms with van der Waals surface area (Å²) in [5.41, 5.74) is 8.05. The highest BCUT2D eigenvalue weighted by Gasteiger charge is 2.34. The number of nitrogens with two attached hydrogens (primary N) is 1. The summed E-state index contributed by atoms with van der Waals surface area (Å²) in [4.78, 5) is 32.8. The van der Waals surface area contributed by atoms with E-state index in [0.29, 0.717) is 23.1 Å². The maximum atomic E-state index is 12.3. The van der Waals surface area contributed by atoms with Crippen molar-refractivity contribution in [1.82, 2.24) is 30.1 Å². The number of hydrogen-bond donors (Lipinski definition) is 3. The fourth-order valence-electron chi connectivity index (χ4n) is 5.84. The van der Waals surface area contributed by atoms with Crippen molar-refractivity contribution in [3.63, 3.8) is 0 Å². The molecule has 1 aromatic carbocycles. The lowest BCUT2D eigenvalue weighted by Gasteiger charge is -2.47. The van der Waals surface area contributed by atoms with Crippen LogP contribution < -0.4 is 16.0 Å². The molecule has 0 saturated carbocycles. The number of aromatic nitrogens is 3. The third-order valence-corrected chi connectivity index (χ3v) is 8.53. The third-order valence-electron chi connectivity index (χ3n) is 7.95. The number of amides is 1. The zero-order valence-corrected chi connectivity index (χ0v) is 24.2. The van der Waals surface area contributed by atoms with Crippen molar-refractivity contribution in [3.05, 3.63) is 51.9 Å². The van der Waals surface area contributed by atoms with Gasteiger partial charge in [-0.3, -0.25) is 14.6 Å². The average Bonchev–Trinajstić information content (AvgIpc) is 2.97. The van der Waals surface area contributed by atoms with E-state index in [4.69, 9.17) is 34.0 Å². The van der Waals surface area contributed by atoms with E-state index in [0.717, 1.165) is 75.0 Å². The van der Waals surface area contributed by atoms with Gasteiger partial charge in [-0.25, -0.2) is 15.0 Å². The summed E-state index contributed by atoms with van der Waals surface area (Å²) in [6.07, 6.45) is 3.19. The molecule has 40 heavy (non-hydrogen) atoms. The van der Waals surface area contributed by atoms with E-state index in [1.807, 2.05) is 18.2 Å². The number of likely N-dealkylation sites (tertiary alicyclic amines) is 1. The molecule has 0 spiro atoms. The Morgan fingerprint density at radius 2 is 1.88 bits per heavy atom. The van der Waals surface area contributed by atoms with Crippen molar-refractivity contribution in [3.8, 4) is 0 Å². The normalized spacial score (nSPS) is 19.3. The molecule has 0 aliphatic carbocycles. The topological polar surface area (TPSA) is 124 Å². The number of piperazine rings is 1. The molecular weight excluding hydrogens is 551 g/mol. The number of fused-ring (bicyclic) bond motifs is 1. The average molecular weight is 588 g/mol. The van der Waals surface area contributed by atoms with Crippen LogP contribution >= 0.6 is 23.2 Å². The minimum Gasteiger partial charge on any atom is -0.395 e. The second kappa shape index (κ2) is 12.8. The first-order valence-corrected chi connectivity index (χ1v) is 14.6. The second-order valence-electron chi connectivity index (χ2n) is 10.4. The number of benzene rings is 1. The van der Waals surface area contributed by atoms with Gasteiger partial charge in [-0.15, -0.1) is 0 Å². The largest absolute Gasteiger partial charge is 0.395 e. The molecule has 1 atom stereocenters. The number of carbonyl (C=O) groups is 1. The lowest BCUT2D eigenvalue weighted by Crippen LogP contribution is -2.58. The number of nitrogens with zero attached hydrogens (tertiary/aromatic N) is 6. The number of anilines is 2. The Labute approximate surface area is 244 Å². The van der Waals surface area contributed by atoms with Gasteiger partial charge in [0.1, 0.15) is 5.15 Å². The van der Waals surface area contributed by atoms with Gasteiger partial charge in [0.25, 0.3) is 5.91 Å². The number of hydrogen-bond acceptors (Lipinski definition) is 9. The van der Waals surface area contributed by atoms with Crippen molar-refractivity contribution >= 4 is 51.6 Å². The summed E-state index contributed by atoms with van der Waals surface area (Å²) in [6, 6.07) is 11.1. The van der Waals surface area contributed by atoms with Crippen LogP contribution in [-0.4, -0.2) is 93.7 Å². The molecule has 2 aromatic heterocycles. The van der Waals surface area contributed by atoms with Crippen LogP contribution in [0.3, 0.4) is 0 Å². The monoisotopic (exact) mass is 586 g/mol. The number of carbonyl (C=O) groups excluding carboxylic acids is 1. The number of aliphatic hydroxyl groups is 1. The second-order valence-corrected chi connectivity index (χ2v) is 11.2. The summed E-state index contributed by atoms with van der Waals surface area (Å²) in [6.45, 7) is 7.37. The molecule has 1 amide bonds. The Morgan fingerprint density at radius 3 is 2.62 bits per heavy atom. The SMILES string of the molecule is CC[C@H]1CN(c2nc(N)c(C(=O)NCCO)nc2Cl)CCN1C1CCN(Cc2cc3ccccc3nc2Cl)CC1. The van der Waals surface area contributed by atoms with E-state index < -0.39 is 5.91 Å². The van der Waals surface area contributed by atoms with E-state index in [-0.39, 0.29) is 29.8 Å². The Morgan fingerprint density at radius 1 is 1.10 bits per heavy atom. The molecule has 2 aliphatic heterocycles. The molecule has 3 aromatic rings. The molecule has 4 heterocycles. The van der Waals surface area contributed by atoms with Gasteiger partial charge in [-0.05, 0) is 44.5 Å². The highest BCUT2D eigenvalue weighted by molar-refractivity contribution is 6.32. The first kappa shape index (κ1) is 28.8. The predicted octanol–water partition coefficient (Wildman–Crippen LogP) is 3.20. The number of piperidine rings is 1. The lowest BCUT2D eigenvalue weighted by molar-refractivity contribution is 0.0610. The molecule has 2 fully saturated rings. The van der Waals surface area contributed by atoms with Gasteiger partial charge < -0.3 is 21.1 Å². The number of para-hydroxylation sites is 1. The van der Waals surface area contributed by atoms with Gasteiger partial charge in [0.15, 0.2) is 22.5 Å². The fourth-order valence-corrected chi connectivity index (χ4v) is 6.29. The summed E-state index contributed by atoms with van der Waals surface area (Å²) in [5.74, 6) is 0.0281. The molecule has 4 N–H and O–H groups in total. The highest BCUT2D eigenvalue weighted by atomic mass is 35.5. The number of rotatable bonds is 8. The quantitative estimate of drug-likeness (QED) is 0.341. The van der Waals surface area contributed by atoms with Crippen LogP contribution in [-0.2, 0) is 6.54 Å². The summed E-state index contributed by atoms with van der Waals surface area (Å²) in [5, 5.41) is 13.3. The molecule has 10 nitrogen and oxygen atoms in total. The zero-order valence-electron chi connectivity index (χ0n) is 22.7. The van der Waals surface area contributed by atoms with E-state index in [9.17, 15) is 4.79 Å². The smallest absolute Gasteiger partial charge is 0.273 e. The van der Waals surface area contributed by atoms with Crippen LogP contribution in [0.25, 0.3) is 10.9 Å². The van der Waals surface area contributed by atoms with Gasteiger partial charge in [0.05, 0.1) is 12.1 Å². The number of nitrogen functional groups attached to an aromatic ring is 1. The van der Waals surface area contributed by atoms with Gasteiger partial charge in [0.2, 0.25) is 0 Å². The van der Waals surface area contributed by atoms with E-state index in [1.165, 1.54) is 0 Å². The Kier molecular flexibility index (Phi) is 9.22. The highest BCUT2D eigenvalue weighted by Crippen LogP contribution is 2.30. The van der Waals surface area contributed by atoms with Gasteiger partial charge in [-0.2, -0.15) is 0 Å². The first-order valence-electron chi connectivity index (χ1n) is 13.9. The first-order chi connectivity index (χ1) is 19.4. The van der Waals surface area contributed by atoms with Crippen molar-refractivity contribution in [2.24, 2.45) is 0 Å². The lowest BCUT2D eigenvalue weighted by atomic mass is 9.98. The van der Waals surface area contributed by atoms with Crippen molar-refractivity contribution < 1.29 is 9.90 Å². The number of halogens is 2. The summed E-state index contributed by atoms with van der Waals surface area (Å²) >= 11 is 13.0. The number of aliphatic hydroxyl groups excluding tert-OH is 1. The summed E-state index contributed by atoms with van der Waals surface area (Å²) in [7, 11) is 0. The molecule has 5 rings (SSSR count). The van der Waals surface area contributed by atoms with Crippen LogP contribution in [0.1, 0.15) is 42.2 Å². The minimum atomic E-state index is -0.505. The molecule has 0 unspecified atom stereocenters. The van der Waals surface area contributed by atoms with E-state index in [1.54, 1.807) is 0 Å². The van der Waals surface area contributed by atoms with Crippen LogP contribution in [0.15, 0.2) is 30.3 Å². The Hall–Kier alpha value is -2.76. The third kappa shape index (κ3) is 6.26. The predicted molar refractivity (Wildman–Crippen MR) is 159 cm³/mol. The van der Waals surface area contributed by atoms with E-state index >= 15 is 0 Å². The van der Waals surface area contributed by atoms with Gasteiger partial charge in [0, 0.05) is 55.8 Å². The van der Waals surface area contributed by atoms with Crippen LogP contribution in [0.4, 0.5) is 11.6 Å². The molecule has 0 bridgehead atoms. The summed E-state index contributed by atoms with van der Waals surface area (Å²) < 4.78 is 0. The molecular formula is C28H36Cl2N8O2. The molecule has 2 saturated heterocycles. The van der Waals surface area contributed by atoms with Crippen molar-refractivity contribution in [2.45, 2.75) is 44.8 Å². The van der Waals surface area contributed by atoms with Gasteiger partial charge in [-0.1, -0.05) is 48.3 Å². The molecule has 214 valence electrons. The zero-order chi connectivity index (χ0) is 28.2. The van der Waals surface area contributed by atoms with Crippen molar-refractivity contribution in [1.29, 1.82) is 0 Å². The van der Waals surface area contributed by atoms with Crippen molar-refractivity contribution in [2.75, 3.05) is 56.5 Å². The molecule has 0 radical (unpaired) electrons. The van der Waals surface area contributed by atoms with Crippen LogP contribution in [0.2, 0.25) is 10.3 Å². The van der Waals surface area contributed by atoms with Crippen LogP contribution in [0.5, 0.6) is 0 Å². The fraction of sp³-hybridized carbons (Fsp3) is 0.500. The maximum absolute atomic E-state index is 12.3. The molecule has 12 heteroatoms. The number of pyridine rings is 1. The van der Waals surface area contributed by atoms with E-state index in [2.05, 4.69) is 54.0 Å².